The van der Waals surface area contributed by atoms with Crippen molar-refractivity contribution in [2.24, 2.45) is 0 Å². The fourth-order valence-corrected chi connectivity index (χ4v) is 8.21. The average molecular weight is 683 g/mol. The molecule has 0 saturated heterocycles. The van der Waals surface area contributed by atoms with E-state index in [9.17, 15) is 0 Å². The van der Waals surface area contributed by atoms with Crippen molar-refractivity contribution in [1.82, 2.24) is 19.5 Å². The van der Waals surface area contributed by atoms with Gasteiger partial charge in [-0.25, -0.2) is 15.0 Å². The summed E-state index contributed by atoms with van der Waals surface area (Å²) in [5.41, 5.74) is 9.58. The molecule has 0 atom stereocenters. The van der Waals surface area contributed by atoms with Crippen LogP contribution in [0.3, 0.4) is 0 Å². The molecule has 0 spiro atoms. The zero-order valence-electron chi connectivity index (χ0n) is 28.0. The molecule has 0 radical (unpaired) electrons. The first kappa shape index (κ1) is 30.2. The minimum Gasteiger partial charge on any atom is -0.309 e. The van der Waals surface area contributed by atoms with Crippen LogP contribution < -0.4 is 0 Å². The molecule has 7 aromatic carbocycles. The highest BCUT2D eigenvalue weighted by Crippen LogP contribution is 2.37. The molecule has 244 valence electrons. The summed E-state index contributed by atoms with van der Waals surface area (Å²) in [7, 11) is 0. The van der Waals surface area contributed by atoms with E-state index in [1.807, 2.05) is 17.4 Å². The van der Waals surface area contributed by atoms with Gasteiger partial charge in [-0.1, -0.05) is 146 Å². The second kappa shape index (κ2) is 12.6. The van der Waals surface area contributed by atoms with Gasteiger partial charge in [0, 0.05) is 37.0 Å². The molecule has 0 bridgehead atoms. The molecule has 0 aliphatic heterocycles. The van der Waals surface area contributed by atoms with Crippen molar-refractivity contribution in [3.05, 3.63) is 182 Å². The van der Waals surface area contributed by atoms with Gasteiger partial charge >= 0.3 is 0 Å². The SMILES string of the molecule is c1ccc(-c2ccc(-c3nc(-c4ccc(-c5cc6ccccc6s5)cc4)nc(-c4ccccc4-n4c5ccccc5c5ccccc54)n3)cc2)cc1. The lowest BCUT2D eigenvalue weighted by Crippen LogP contribution is -2.03. The second-order valence-corrected chi connectivity index (χ2v) is 13.9. The molecule has 0 unspecified atom stereocenters. The van der Waals surface area contributed by atoms with Crippen LogP contribution in [0.4, 0.5) is 0 Å². The Labute approximate surface area is 305 Å². The minimum atomic E-state index is 0.623. The highest BCUT2D eigenvalue weighted by atomic mass is 32.1. The van der Waals surface area contributed by atoms with Gasteiger partial charge in [0.05, 0.1) is 16.7 Å². The molecule has 3 aromatic heterocycles. The number of hydrogen-bond acceptors (Lipinski definition) is 4. The van der Waals surface area contributed by atoms with E-state index >= 15 is 0 Å². The summed E-state index contributed by atoms with van der Waals surface area (Å²) in [5, 5.41) is 3.68. The summed E-state index contributed by atoms with van der Waals surface area (Å²) in [6.07, 6.45) is 0. The summed E-state index contributed by atoms with van der Waals surface area (Å²) in [6, 6.07) is 63.9. The van der Waals surface area contributed by atoms with Crippen molar-refractivity contribution in [3.8, 4) is 61.4 Å². The third-order valence-corrected chi connectivity index (χ3v) is 10.9. The fourth-order valence-electron chi connectivity index (χ4n) is 7.14. The second-order valence-electron chi connectivity index (χ2n) is 12.9. The molecule has 10 aromatic rings. The normalized spacial score (nSPS) is 11.5. The minimum absolute atomic E-state index is 0.623. The zero-order valence-corrected chi connectivity index (χ0v) is 28.8. The van der Waals surface area contributed by atoms with Gasteiger partial charge in [0.1, 0.15) is 0 Å². The van der Waals surface area contributed by atoms with Crippen LogP contribution in [0.5, 0.6) is 0 Å². The maximum absolute atomic E-state index is 5.20. The molecule has 0 aliphatic carbocycles. The number of benzene rings is 7. The molecular formula is C47H30N4S. The van der Waals surface area contributed by atoms with E-state index in [4.69, 9.17) is 15.0 Å². The van der Waals surface area contributed by atoms with Gasteiger partial charge in [0.25, 0.3) is 0 Å². The quantitative estimate of drug-likeness (QED) is 0.175. The standard InChI is InChI=1S/C47H30N4S/c1-2-12-31(13-3-1)32-22-26-34(27-23-32)45-48-46(35-28-24-33(25-29-35)44-30-36-14-4-11-21-43(36)52-44)50-47(49-45)39-17-7-10-20-42(39)51-40-18-8-5-15-37(40)38-16-6-9-19-41(38)51/h1-30H. The first-order chi connectivity index (χ1) is 25.8. The molecule has 52 heavy (non-hydrogen) atoms. The molecule has 3 heterocycles. The predicted molar refractivity (Wildman–Crippen MR) is 217 cm³/mol. The van der Waals surface area contributed by atoms with Gasteiger partial charge in [0.2, 0.25) is 0 Å². The molecule has 4 nitrogen and oxygen atoms in total. The summed E-state index contributed by atoms with van der Waals surface area (Å²) in [5.74, 6) is 1.88. The Kier molecular flexibility index (Phi) is 7.29. The van der Waals surface area contributed by atoms with Crippen LogP contribution in [0.1, 0.15) is 0 Å². The zero-order chi connectivity index (χ0) is 34.4. The number of fused-ring (bicyclic) bond motifs is 4. The Bertz CT molecular complexity index is 2800. The highest BCUT2D eigenvalue weighted by Gasteiger charge is 2.19. The highest BCUT2D eigenvalue weighted by molar-refractivity contribution is 7.22. The first-order valence-corrected chi connectivity index (χ1v) is 18.2. The van der Waals surface area contributed by atoms with Crippen molar-refractivity contribution < 1.29 is 0 Å². The molecule has 0 amide bonds. The Morgan fingerprint density at radius 3 is 1.56 bits per heavy atom. The Morgan fingerprint density at radius 2 is 0.885 bits per heavy atom. The Hall–Kier alpha value is -6.69. The Balaban J connectivity index is 1.13. The van der Waals surface area contributed by atoms with E-state index in [0.29, 0.717) is 17.5 Å². The van der Waals surface area contributed by atoms with Gasteiger partial charge in [0.15, 0.2) is 17.5 Å². The van der Waals surface area contributed by atoms with Gasteiger partial charge in [-0.05, 0) is 58.5 Å². The van der Waals surface area contributed by atoms with E-state index in [1.54, 1.807) is 0 Å². The van der Waals surface area contributed by atoms with Gasteiger partial charge < -0.3 is 4.57 Å². The van der Waals surface area contributed by atoms with Crippen LogP contribution in [0.25, 0.3) is 93.3 Å². The van der Waals surface area contributed by atoms with Crippen molar-refractivity contribution in [3.63, 3.8) is 0 Å². The van der Waals surface area contributed by atoms with Crippen molar-refractivity contribution in [2.75, 3.05) is 0 Å². The third-order valence-electron chi connectivity index (χ3n) is 9.70. The van der Waals surface area contributed by atoms with E-state index in [2.05, 4.69) is 180 Å². The Morgan fingerprint density at radius 1 is 0.385 bits per heavy atom. The number of nitrogens with zero attached hydrogens (tertiary/aromatic N) is 4. The van der Waals surface area contributed by atoms with Crippen LogP contribution in [0.15, 0.2) is 182 Å². The molecule has 5 heteroatoms. The van der Waals surface area contributed by atoms with Crippen LogP contribution >= 0.6 is 11.3 Å². The molecule has 10 rings (SSSR count). The van der Waals surface area contributed by atoms with E-state index in [0.717, 1.165) is 39.0 Å². The van der Waals surface area contributed by atoms with Crippen LogP contribution in [-0.2, 0) is 0 Å². The summed E-state index contributed by atoms with van der Waals surface area (Å²) >= 11 is 1.81. The van der Waals surface area contributed by atoms with Crippen molar-refractivity contribution >= 4 is 43.2 Å². The van der Waals surface area contributed by atoms with Gasteiger partial charge in [-0.2, -0.15) is 0 Å². The predicted octanol–water partition coefficient (Wildman–Crippen LogP) is 12.5. The number of aromatic nitrogens is 4. The molecule has 0 aliphatic rings. The molecule has 0 N–H and O–H groups in total. The number of hydrogen-bond donors (Lipinski definition) is 0. The van der Waals surface area contributed by atoms with Crippen LogP contribution in [-0.4, -0.2) is 19.5 Å². The lowest BCUT2D eigenvalue weighted by molar-refractivity contribution is 1.06. The molecule has 0 saturated carbocycles. The lowest BCUT2D eigenvalue weighted by atomic mass is 10.0. The average Bonchev–Trinajstić information content (AvgIpc) is 3.81. The first-order valence-electron chi connectivity index (χ1n) is 17.4. The molecule has 0 fully saturated rings. The monoisotopic (exact) mass is 682 g/mol. The lowest BCUT2D eigenvalue weighted by Gasteiger charge is -2.14. The van der Waals surface area contributed by atoms with E-state index in [-0.39, 0.29) is 0 Å². The van der Waals surface area contributed by atoms with E-state index < -0.39 is 0 Å². The number of rotatable bonds is 6. The third kappa shape index (κ3) is 5.27. The maximum atomic E-state index is 5.20. The summed E-state index contributed by atoms with van der Waals surface area (Å²) in [6.45, 7) is 0. The topological polar surface area (TPSA) is 43.6 Å². The smallest absolute Gasteiger partial charge is 0.166 e. The van der Waals surface area contributed by atoms with Crippen LogP contribution in [0, 0.1) is 0 Å². The summed E-state index contributed by atoms with van der Waals surface area (Å²) < 4.78 is 3.62. The van der Waals surface area contributed by atoms with Gasteiger partial charge in [-0.15, -0.1) is 11.3 Å². The number of para-hydroxylation sites is 3. The van der Waals surface area contributed by atoms with Crippen molar-refractivity contribution in [1.29, 1.82) is 0 Å². The van der Waals surface area contributed by atoms with Crippen LogP contribution in [0.2, 0.25) is 0 Å². The fraction of sp³-hybridized carbons (Fsp3) is 0. The van der Waals surface area contributed by atoms with Gasteiger partial charge in [-0.3, -0.25) is 0 Å². The summed E-state index contributed by atoms with van der Waals surface area (Å²) in [4.78, 5) is 16.7. The van der Waals surface area contributed by atoms with E-state index in [1.165, 1.54) is 36.9 Å². The number of thiophene rings is 1. The molecular weight excluding hydrogens is 653 g/mol. The largest absolute Gasteiger partial charge is 0.309 e. The van der Waals surface area contributed by atoms with Crippen molar-refractivity contribution in [2.45, 2.75) is 0 Å². The maximum Gasteiger partial charge on any atom is 0.166 e.